The Morgan fingerprint density at radius 2 is 2.17 bits per heavy atom. The Labute approximate surface area is 104 Å². The summed E-state index contributed by atoms with van der Waals surface area (Å²) in [5.41, 5.74) is 6.34. The van der Waals surface area contributed by atoms with Gasteiger partial charge >= 0.3 is 5.97 Å². The number of nitrogens with zero attached hydrogens (tertiary/aromatic N) is 2. The molecular weight excluding hydrogens is 232 g/mol. The molecule has 0 aliphatic carbocycles. The van der Waals surface area contributed by atoms with Crippen LogP contribution < -0.4 is 11.1 Å². The minimum absolute atomic E-state index is 0.0571. The van der Waals surface area contributed by atoms with Crippen molar-refractivity contribution in [1.29, 1.82) is 0 Å². The number of hydrogen-bond donors (Lipinski definition) is 2. The number of rotatable bonds is 4. The molecule has 6 heteroatoms. The highest BCUT2D eigenvalue weighted by Gasteiger charge is 2.08. The van der Waals surface area contributed by atoms with E-state index in [-0.39, 0.29) is 19.1 Å². The Kier molecular flexibility index (Phi) is 3.69. The third-order valence-electron chi connectivity index (χ3n) is 2.46. The van der Waals surface area contributed by atoms with Gasteiger partial charge in [0.2, 0.25) is 0 Å². The molecule has 0 amide bonds. The Balaban J connectivity index is 2.37. The van der Waals surface area contributed by atoms with Gasteiger partial charge in [-0.3, -0.25) is 4.79 Å². The van der Waals surface area contributed by atoms with Gasteiger partial charge in [0.1, 0.15) is 18.2 Å². The number of esters is 1. The maximum atomic E-state index is 11.1. The lowest BCUT2D eigenvalue weighted by Crippen LogP contribution is -2.17. The summed E-state index contributed by atoms with van der Waals surface area (Å²) in [5, 5.41) is 3.78. The number of nitrogens with two attached hydrogens (primary N) is 1. The molecule has 2 rings (SSSR count). The van der Waals surface area contributed by atoms with Gasteiger partial charge in [-0.05, 0) is 12.1 Å². The molecule has 0 spiro atoms. The smallest absolute Gasteiger partial charge is 0.325 e. The van der Waals surface area contributed by atoms with Crippen LogP contribution in [0, 0.1) is 0 Å². The summed E-state index contributed by atoms with van der Waals surface area (Å²) < 4.78 is 4.57. The molecule has 2 aromatic rings. The number of carbonyl (C=O) groups is 1. The van der Waals surface area contributed by atoms with E-state index in [0.29, 0.717) is 11.6 Å². The molecule has 0 bridgehead atoms. The van der Waals surface area contributed by atoms with E-state index in [1.165, 1.54) is 7.11 Å². The van der Waals surface area contributed by atoms with Crippen LogP contribution in [0.1, 0.15) is 5.82 Å². The fraction of sp³-hybridized carbons (Fsp3) is 0.250. The zero-order valence-electron chi connectivity index (χ0n) is 10.0. The highest BCUT2D eigenvalue weighted by molar-refractivity contribution is 5.90. The first-order chi connectivity index (χ1) is 8.74. The molecule has 0 unspecified atom stereocenters. The molecule has 0 saturated carbocycles. The van der Waals surface area contributed by atoms with Crippen LogP contribution in [-0.4, -0.2) is 29.6 Å². The number of para-hydroxylation sites is 1. The van der Waals surface area contributed by atoms with Crippen LogP contribution >= 0.6 is 0 Å². The van der Waals surface area contributed by atoms with Gasteiger partial charge in [0.25, 0.3) is 0 Å². The van der Waals surface area contributed by atoms with E-state index in [1.54, 1.807) is 0 Å². The molecule has 18 heavy (non-hydrogen) atoms. The van der Waals surface area contributed by atoms with Crippen LogP contribution in [0.15, 0.2) is 24.3 Å². The van der Waals surface area contributed by atoms with Crippen molar-refractivity contribution in [2.75, 3.05) is 19.0 Å². The highest BCUT2D eigenvalue weighted by Crippen LogP contribution is 2.19. The largest absolute Gasteiger partial charge is 0.468 e. The predicted octanol–water partition coefficient (Wildman–Crippen LogP) is 0.673. The number of aromatic nitrogens is 2. The third kappa shape index (κ3) is 2.54. The number of fused-ring (bicyclic) bond motifs is 1. The molecule has 0 radical (unpaired) electrons. The van der Waals surface area contributed by atoms with Crippen LogP contribution in [0.25, 0.3) is 10.9 Å². The van der Waals surface area contributed by atoms with Gasteiger partial charge in [0, 0.05) is 5.39 Å². The lowest BCUT2D eigenvalue weighted by molar-refractivity contribution is -0.138. The monoisotopic (exact) mass is 246 g/mol. The molecule has 1 aromatic heterocycles. The van der Waals surface area contributed by atoms with Gasteiger partial charge < -0.3 is 15.8 Å². The zero-order chi connectivity index (χ0) is 13.0. The zero-order valence-corrected chi connectivity index (χ0v) is 10.0. The number of benzene rings is 1. The molecule has 0 saturated heterocycles. The van der Waals surface area contributed by atoms with Crippen LogP contribution in [0.2, 0.25) is 0 Å². The fourth-order valence-electron chi connectivity index (χ4n) is 1.58. The number of methoxy groups -OCH3 is 1. The number of hydrogen-bond acceptors (Lipinski definition) is 6. The summed E-state index contributed by atoms with van der Waals surface area (Å²) in [7, 11) is 1.34. The van der Waals surface area contributed by atoms with Gasteiger partial charge in [-0.15, -0.1) is 0 Å². The van der Waals surface area contributed by atoms with Crippen molar-refractivity contribution in [3.05, 3.63) is 30.1 Å². The van der Waals surface area contributed by atoms with E-state index in [0.717, 1.165) is 10.9 Å². The van der Waals surface area contributed by atoms with Crippen molar-refractivity contribution in [2.45, 2.75) is 6.54 Å². The lowest BCUT2D eigenvalue weighted by Gasteiger charge is -2.09. The van der Waals surface area contributed by atoms with E-state index in [4.69, 9.17) is 5.73 Å². The quantitative estimate of drug-likeness (QED) is 0.771. The van der Waals surface area contributed by atoms with Crippen molar-refractivity contribution in [2.24, 2.45) is 5.73 Å². The maximum Gasteiger partial charge on any atom is 0.325 e. The van der Waals surface area contributed by atoms with Gasteiger partial charge in [0.05, 0.1) is 19.2 Å². The molecular formula is C12H14N4O2. The van der Waals surface area contributed by atoms with Crippen molar-refractivity contribution in [3.8, 4) is 0 Å². The molecule has 6 nitrogen and oxygen atoms in total. The molecule has 1 aromatic carbocycles. The standard InChI is InChI=1S/C12H14N4O2/c1-18-11(17)7-14-12-8-4-2-3-5-9(8)15-10(6-13)16-12/h2-5H,6-7,13H2,1H3,(H,14,15,16). The summed E-state index contributed by atoms with van der Waals surface area (Å²) in [6.45, 7) is 0.305. The minimum atomic E-state index is -0.355. The highest BCUT2D eigenvalue weighted by atomic mass is 16.5. The van der Waals surface area contributed by atoms with Crippen molar-refractivity contribution in [3.63, 3.8) is 0 Å². The number of carbonyl (C=O) groups excluding carboxylic acids is 1. The average molecular weight is 246 g/mol. The van der Waals surface area contributed by atoms with E-state index < -0.39 is 0 Å². The Bertz CT molecular complexity index is 571. The maximum absolute atomic E-state index is 11.1. The molecule has 0 atom stereocenters. The summed E-state index contributed by atoms with van der Waals surface area (Å²) in [6.07, 6.45) is 0. The van der Waals surface area contributed by atoms with Crippen LogP contribution in [0.4, 0.5) is 5.82 Å². The molecule has 0 aliphatic rings. The first-order valence-corrected chi connectivity index (χ1v) is 5.51. The van der Waals surface area contributed by atoms with Crippen molar-refractivity contribution >= 4 is 22.7 Å². The summed E-state index contributed by atoms with van der Waals surface area (Å²) >= 11 is 0. The second-order valence-corrected chi connectivity index (χ2v) is 3.64. The van der Waals surface area contributed by atoms with Gasteiger partial charge in [-0.25, -0.2) is 9.97 Å². The minimum Gasteiger partial charge on any atom is -0.468 e. The third-order valence-corrected chi connectivity index (χ3v) is 2.46. The first kappa shape index (κ1) is 12.3. The first-order valence-electron chi connectivity index (χ1n) is 5.51. The number of nitrogens with one attached hydrogen (secondary N) is 1. The van der Waals surface area contributed by atoms with Crippen molar-refractivity contribution < 1.29 is 9.53 Å². The van der Waals surface area contributed by atoms with Gasteiger partial charge in [-0.1, -0.05) is 12.1 Å². The second kappa shape index (κ2) is 5.42. The molecule has 3 N–H and O–H groups in total. The second-order valence-electron chi connectivity index (χ2n) is 3.64. The van der Waals surface area contributed by atoms with Gasteiger partial charge in [0.15, 0.2) is 0 Å². The van der Waals surface area contributed by atoms with E-state index in [2.05, 4.69) is 20.0 Å². The predicted molar refractivity (Wildman–Crippen MR) is 67.9 cm³/mol. The normalized spacial score (nSPS) is 10.3. The lowest BCUT2D eigenvalue weighted by atomic mass is 10.2. The van der Waals surface area contributed by atoms with Crippen LogP contribution in [0.3, 0.4) is 0 Å². The molecule has 1 heterocycles. The van der Waals surface area contributed by atoms with Crippen LogP contribution in [-0.2, 0) is 16.1 Å². The average Bonchev–Trinajstić information content (AvgIpc) is 2.43. The number of ether oxygens (including phenoxy) is 1. The number of anilines is 1. The molecule has 0 fully saturated rings. The Morgan fingerprint density at radius 1 is 1.39 bits per heavy atom. The fourth-order valence-corrected chi connectivity index (χ4v) is 1.58. The molecule has 0 aliphatic heterocycles. The van der Waals surface area contributed by atoms with E-state index >= 15 is 0 Å². The summed E-state index contributed by atoms with van der Waals surface area (Å²) in [6, 6.07) is 7.53. The Hall–Kier alpha value is -2.21. The summed E-state index contributed by atoms with van der Waals surface area (Å²) in [4.78, 5) is 19.7. The summed E-state index contributed by atoms with van der Waals surface area (Å²) in [5.74, 6) is 0.763. The van der Waals surface area contributed by atoms with Crippen molar-refractivity contribution in [1.82, 2.24) is 9.97 Å². The van der Waals surface area contributed by atoms with Crippen LogP contribution in [0.5, 0.6) is 0 Å². The van der Waals surface area contributed by atoms with E-state index in [1.807, 2.05) is 24.3 Å². The Morgan fingerprint density at radius 3 is 2.89 bits per heavy atom. The topological polar surface area (TPSA) is 90.1 Å². The van der Waals surface area contributed by atoms with Gasteiger partial charge in [-0.2, -0.15) is 0 Å². The van der Waals surface area contributed by atoms with E-state index in [9.17, 15) is 4.79 Å². The SMILES string of the molecule is COC(=O)CNc1nc(CN)nc2ccccc12. The molecule has 94 valence electrons.